The van der Waals surface area contributed by atoms with Gasteiger partial charge in [0.2, 0.25) is 0 Å². The maximum absolute atomic E-state index is 8.88. The summed E-state index contributed by atoms with van der Waals surface area (Å²) in [5.41, 5.74) is 0.415. The van der Waals surface area contributed by atoms with Crippen LogP contribution in [0.4, 0.5) is 0 Å². The Bertz CT molecular complexity index is 439. The van der Waals surface area contributed by atoms with Crippen molar-refractivity contribution in [2.75, 3.05) is 0 Å². The summed E-state index contributed by atoms with van der Waals surface area (Å²) in [7, 11) is -4.64. The summed E-state index contributed by atoms with van der Waals surface area (Å²) in [6.45, 7) is 4.79. The van der Waals surface area contributed by atoms with Crippen LogP contribution in [0.25, 0.3) is 0 Å². The molecule has 0 saturated carbocycles. The predicted octanol–water partition coefficient (Wildman–Crippen LogP) is 5.70. The maximum atomic E-state index is 8.88. The quantitative estimate of drug-likeness (QED) is 0.218. The van der Waals surface area contributed by atoms with E-state index in [1.54, 1.807) is 0.515 Å². The third-order valence-electron chi connectivity index (χ3n) is 5.35. The molecule has 1 aliphatic rings. The molecule has 0 saturated heterocycles. The molecule has 1 rings (SSSR count). The van der Waals surface area contributed by atoms with E-state index in [2.05, 4.69) is 38.2 Å². The molecule has 0 amide bonds. The SMILES string of the molecule is CC1C=CC=CC1(C)CCCCCCCCCCC[CH2][K].O=P(O)(O)O. The number of rotatable bonds is 12. The van der Waals surface area contributed by atoms with Crippen molar-refractivity contribution >= 4 is 56.8 Å². The summed E-state index contributed by atoms with van der Waals surface area (Å²) in [5, 5.41) is 0. The number of hydrogen-bond donors (Lipinski definition) is 3. The molecule has 6 heteroatoms. The van der Waals surface area contributed by atoms with Gasteiger partial charge in [0.15, 0.2) is 0 Å². The predicted molar refractivity (Wildman–Crippen MR) is 111 cm³/mol. The zero-order chi connectivity index (χ0) is 19.9. The Hall–Kier alpha value is 1.23. The first-order chi connectivity index (χ1) is 12.2. The van der Waals surface area contributed by atoms with Crippen LogP contribution in [0, 0.1) is 11.3 Å². The van der Waals surface area contributed by atoms with Crippen LogP contribution in [0.1, 0.15) is 84.5 Å². The number of allylic oxidation sites excluding steroid dienone is 4. The van der Waals surface area contributed by atoms with Gasteiger partial charge < -0.3 is 14.7 Å². The van der Waals surface area contributed by atoms with Crippen LogP contribution in [-0.2, 0) is 4.57 Å². The Morgan fingerprint density at radius 1 is 0.885 bits per heavy atom. The third kappa shape index (κ3) is 17.3. The van der Waals surface area contributed by atoms with Crippen LogP contribution in [0.5, 0.6) is 0 Å². The topological polar surface area (TPSA) is 77.8 Å². The van der Waals surface area contributed by atoms with Gasteiger partial charge in [-0.1, -0.05) is 38.2 Å². The van der Waals surface area contributed by atoms with Crippen LogP contribution in [-0.4, -0.2) is 63.6 Å². The second-order valence-electron chi connectivity index (χ2n) is 7.84. The van der Waals surface area contributed by atoms with Crippen molar-refractivity contribution < 1.29 is 19.2 Å². The zero-order valence-electron chi connectivity index (χ0n) is 17.1. The fraction of sp³-hybridized carbons (Fsp3) is 0.800. The minimum atomic E-state index is -4.64. The molecule has 3 N–H and O–H groups in total. The largest absolute Gasteiger partial charge is 0.466 e. The zero-order valence-corrected chi connectivity index (χ0v) is 21.1. The molecule has 2 unspecified atom stereocenters. The summed E-state index contributed by atoms with van der Waals surface area (Å²) < 4.78 is 10.4. The molecule has 0 aliphatic heterocycles. The minimum Gasteiger partial charge on any atom is -0.303 e. The van der Waals surface area contributed by atoms with Crippen LogP contribution in [0.2, 0.25) is 0.515 Å². The molecular weight excluding hydrogens is 374 g/mol. The molecule has 1 aliphatic carbocycles. The van der Waals surface area contributed by atoms with Crippen molar-refractivity contribution in [1.82, 2.24) is 0 Å². The minimum absolute atomic E-state index is 0.415. The monoisotopic (exact) mass is 412 g/mol. The Morgan fingerprint density at radius 3 is 1.73 bits per heavy atom. The Morgan fingerprint density at radius 2 is 1.31 bits per heavy atom. The van der Waals surface area contributed by atoms with Gasteiger partial charge in [-0.3, -0.25) is 0 Å². The van der Waals surface area contributed by atoms with Gasteiger partial charge in [0, 0.05) is 0 Å². The molecule has 0 heterocycles. The normalized spacial score (nSPS) is 22.2. The van der Waals surface area contributed by atoms with E-state index in [9.17, 15) is 0 Å². The fourth-order valence-corrected chi connectivity index (χ4v) is 4.14. The first kappa shape index (κ1) is 27.2. The molecule has 148 valence electrons. The Kier molecular flexibility index (Phi) is 16.8. The van der Waals surface area contributed by atoms with E-state index in [4.69, 9.17) is 19.2 Å². The van der Waals surface area contributed by atoms with E-state index in [1.807, 2.05) is 0 Å². The molecule has 0 bridgehead atoms. The molecular formula is C20H38KO4P. The standard InChI is InChI=1S/C20H35.K.H3O4P/c1-4-5-6-7-8-9-10-11-12-14-17-20(3)18-15-13-16-19(20)2;;1-5(2,3)4/h13,15-16,18-19H,1,4-12,14,17H2,2-3H3;;(H3,1,2,3,4). The molecule has 0 aromatic carbocycles. The summed E-state index contributed by atoms with van der Waals surface area (Å²) in [6.07, 6.45) is 25.3. The molecule has 2 atom stereocenters. The summed E-state index contributed by atoms with van der Waals surface area (Å²) >= 11 is 1.09. The van der Waals surface area contributed by atoms with Crippen molar-refractivity contribution in [1.29, 1.82) is 0 Å². The second-order valence-corrected chi connectivity index (χ2v) is 10.4. The van der Waals surface area contributed by atoms with Gasteiger partial charge in [0.1, 0.15) is 0 Å². The summed E-state index contributed by atoms with van der Waals surface area (Å²) in [4.78, 5) is 21.6. The van der Waals surface area contributed by atoms with E-state index in [0.717, 1.165) is 49.0 Å². The van der Waals surface area contributed by atoms with Crippen LogP contribution in [0.15, 0.2) is 24.3 Å². The second kappa shape index (κ2) is 16.1. The van der Waals surface area contributed by atoms with Crippen molar-refractivity contribution in [2.24, 2.45) is 11.3 Å². The smallest absolute Gasteiger partial charge is 0.303 e. The molecule has 0 fully saturated rings. The third-order valence-corrected chi connectivity index (χ3v) is 6.45. The van der Waals surface area contributed by atoms with Crippen LogP contribution >= 0.6 is 7.82 Å². The average Bonchev–Trinajstić information content (AvgIpc) is 2.54. The molecule has 4 nitrogen and oxygen atoms in total. The van der Waals surface area contributed by atoms with Gasteiger partial charge in [-0.05, 0) is 11.3 Å². The van der Waals surface area contributed by atoms with Crippen LogP contribution < -0.4 is 0 Å². The van der Waals surface area contributed by atoms with E-state index in [-0.39, 0.29) is 0 Å². The first-order valence-corrected chi connectivity index (χ1v) is 14.1. The van der Waals surface area contributed by atoms with E-state index in [0.29, 0.717) is 11.3 Å². The number of unbranched alkanes of at least 4 members (excludes halogenated alkanes) is 9. The van der Waals surface area contributed by atoms with Gasteiger partial charge in [-0.15, -0.1) is 0 Å². The van der Waals surface area contributed by atoms with Crippen molar-refractivity contribution in [3.63, 3.8) is 0 Å². The van der Waals surface area contributed by atoms with E-state index < -0.39 is 7.82 Å². The van der Waals surface area contributed by atoms with Gasteiger partial charge >= 0.3 is 128 Å². The Labute approximate surface area is 194 Å². The molecule has 0 aromatic rings. The van der Waals surface area contributed by atoms with Crippen molar-refractivity contribution in [3.8, 4) is 0 Å². The summed E-state index contributed by atoms with van der Waals surface area (Å²) in [6, 6.07) is 0. The molecule has 26 heavy (non-hydrogen) atoms. The summed E-state index contributed by atoms with van der Waals surface area (Å²) in [5.74, 6) is 0.703. The van der Waals surface area contributed by atoms with Crippen LogP contribution in [0.3, 0.4) is 0 Å². The van der Waals surface area contributed by atoms with Gasteiger partial charge in [0.05, 0.1) is 0 Å². The fourth-order valence-electron chi connectivity index (χ4n) is 3.36. The number of hydrogen-bond acceptors (Lipinski definition) is 1. The number of phosphoric acid groups is 1. The van der Waals surface area contributed by atoms with E-state index in [1.165, 1.54) is 70.6 Å². The van der Waals surface area contributed by atoms with E-state index >= 15 is 0 Å². The molecule has 0 spiro atoms. The Balaban J connectivity index is 0.00000110. The molecule has 0 radical (unpaired) electrons. The van der Waals surface area contributed by atoms with Gasteiger partial charge in [-0.25, -0.2) is 4.57 Å². The maximum Gasteiger partial charge on any atom is 0.466 e. The average molecular weight is 413 g/mol. The van der Waals surface area contributed by atoms with Crippen molar-refractivity contribution in [3.05, 3.63) is 24.3 Å². The van der Waals surface area contributed by atoms with Crippen molar-refractivity contribution in [2.45, 2.75) is 85.0 Å². The first-order valence-electron chi connectivity index (χ1n) is 10.3. The van der Waals surface area contributed by atoms with Gasteiger partial charge in [0.25, 0.3) is 0 Å². The van der Waals surface area contributed by atoms with Gasteiger partial charge in [-0.2, -0.15) is 0 Å². The molecule has 0 aromatic heterocycles.